The molecule has 0 bridgehead atoms. The molecule has 1 fully saturated rings. The van der Waals surface area contributed by atoms with Crippen molar-refractivity contribution < 1.29 is 13.9 Å². The summed E-state index contributed by atoms with van der Waals surface area (Å²) in [4.78, 5) is 15.0. The average Bonchev–Trinajstić information content (AvgIpc) is 2.66. The third-order valence-corrected chi connectivity index (χ3v) is 4.74. The van der Waals surface area contributed by atoms with Crippen LogP contribution in [-0.4, -0.2) is 37.6 Å². The highest BCUT2D eigenvalue weighted by atomic mass is 19.1. The Balaban J connectivity index is 1.89. The highest BCUT2D eigenvalue weighted by Gasteiger charge is 2.32. The van der Waals surface area contributed by atoms with E-state index < -0.39 is 5.92 Å². The average molecular weight is 342 g/mol. The molecule has 25 heavy (non-hydrogen) atoms. The fourth-order valence-electron chi connectivity index (χ4n) is 3.35. The predicted molar refractivity (Wildman–Crippen MR) is 95.1 cm³/mol. The lowest BCUT2D eigenvalue weighted by molar-refractivity contribution is -0.135. The van der Waals surface area contributed by atoms with Crippen LogP contribution in [0.4, 0.5) is 4.39 Å². The Morgan fingerprint density at radius 2 is 2.08 bits per heavy atom. The van der Waals surface area contributed by atoms with Crippen molar-refractivity contribution in [3.8, 4) is 5.75 Å². The van der Waals surface area contributed by atoms with Gasteiger partial charge in [0, 0.05) is 25.2 Å². The van der Waals surface area contributed by atoms with Gasteiger partial charge in [0.25, 0.3) is 0 Å². The van der Waals surface area contributed by atoms with Gasteiger partial charge in [-0.2, -0.15) is 0 Å². The van der Waals surface area contributed by atoms with Crippen molar-refractivity contribution in [2.45, 2.75) is 18.9 Å². The van der Waals surface area contributed by atoms with E-state index in [2.05, 4.69) is 5.32 Å². The molecule has 0 aromatic heterocycles. The van der Waals surface area contributed by atoms with Crippen molar-refractivity contribution >= 4 is 5.91 Å². The zero-order valence-corrected chi connectivity index (χ0v) is 14.5. The Bertz CT molecular complexity index is 750. The van der Waals surface area contributed by atoms with Crippen LogP contribution in [0.15, 0.2) is 48.5 Å². The van der Waals surface area contributed by atoms with Gasteiger partial charge in [-0.1, -0.05) is 30.3 Å². The van der Waals surface area contributed by atoms with E-state index in [0.717, 1.165) is 17.9 Å². The fraction of sp³-hybridized carbons (Fsp3) is 0.350. The second-order valence-corrected chi connectivity index (χ2v) is 6.27. The van der Waals surface area contributed by atoms with Crippen LogP contribution in [0.3, 0.4) is 0 Å². The predicted octanol–water partition coefficient (Wildman–Crippen LogP) is 3.11. The number of hydrogen-bond donors (Lipinski definition) is 1. The first-order chi connectivity index (χ1) is 12.1. The van der Waals surface area contributed by atoms with Crippen LogP contribution in [0.1, 0.15) is 30.0 Å². The second-order valence-electron chi connectivity index (χ2n) is 6.27. The molecule has 0 saturated carbocycles. The number of benzene rings is 2. The molecule has 1 N–H and O–H groups in total. The lowest BCUT2D eigenvalue weighted by Crippen LogP contribution is -2.49. The lowest BCUT2D eigenvalue weighted by Gasteiger charge is -2.38. The van der Waals surface area contributed by atoms with Gasteiger partial charge in [-0.25, -0.2) is 4.39 Å². The van der Waals surface area contributed by atoms with Crippen LogP contribution in [0.5, 0.6) is 5.75 Å². The van der Waals surface area contributed by atoms with Crippen molar-refractivity contribution in [2.24, 2.45) is 0 Å². The number of hydrogen-bond acceptors (Lipinski definition) is 3. The number of rotatable bonds is 4. The smallest absolute Gasteiger partial charge is 0.230 e. The van der Waals surface area contributed by atoms with Crippen molar-refractivity contribution in [1.82, 2.24) is 10.2 Å². The molecule has 1 aliphatic rings. The molecule has 0 spiro atoms. The van der Waals surface area contributed by atoms with Gasteiger partial charge in [0.1, 0.15) is 11.6 Å². The van der Waals surface area contributed by atoms with E-state index in [1.54, 1.807) is 19.2 Å². The molecule has 1 saturated heterocycles. The quantitative estimate of drug-likeness (QED) is 0.928. The molecule has 2 aromatic carbocycles. The van der Waals surface area contributed by atoms with Gasteiger partial charge in [-0.3, -0.25) is 4.79 Å². The molecule has 1 amide bonds. The van der Waals surface area contributed by atoms with E-state index in [4.69, 9.17) is 4.74 Å². The largest absolute Gasteiger partial charge is 0.496 e. The summed E-state index contributed by atoms with van der Waals surface area (Å²) in [5, 5.41) is 3.35. The SMILES string of the molecule is COc1ccccc1C1CNCCN1C(=O)C(C)c1cccc(F)c1. The van der Waals surface area contributed by atoms with Gasteiger partial charge in [0.2, 0.25) is 5.91 Å². The molecule has 4 nitrogen and oxygen atoms in total. The summed E-state index contributed by atoms with van der Waals surface area (Å²) in [6, 6.07) is 13.9. The van der Waals surface area contributed by atoms with Crippen LogP contribution in [0, 0.1) is 5.82 Å². The van der Waals surface area contributed by atoms with Gasteiger partial charge in [0.05, 0.1) is 19.1 Å². The summed E-state index contributed by atoms with van der Waals surface area (Å²) in [6.45, 7) is 3.86. The Hall–Kier alpha value is -2.40. The van der Waals surface area contributed by atoms with Crippen molar-refractivity contribution in [3.63, 3.8) is 0 Å². The summed E-state index contributed by atoms with van der Waals surface area (Å²) in [6.07, 6.45) is 0. The van der Waals surface area contributed by atoms with E-state index in [1.807, 2.05) is 36.1 Å². The first kappa shape index (κ1) is 17.4. The number of nitrogens with one attached hydrogen (secondary N) is 1. The molecule has 1 aliphatic heterocycles. The minimum atomic E-state index is -0.397. The Morgan fingerprint density at radius 3 is 2.84 bits per heavy atom. The molecular formula is C20H23FN2O2. The first-order valence-electron chi connectivity index (χ1n) is 8.51. The van der Waals surface area contributed by atoms with Gasteiger partial charge in [0.15, 0.2) is 0 Å². The molecule has 132 valence electrons. The maximum absolute atomic E-state index is 13.5. The number of ether oxygens (including phenoxy) is 1. The highest BCUT2D eigenvalue weighted by Crippen LogP contribution is 2.32. The van der Waals surface area contributed by atoms with Crippen LogP contribution in [0.25, 0.3) is 0 Å². The van der Waals surface area contributed by atoms with E-state index in [9.17, 15) is 9.18 Å². The molecule has 3 rings (SSSR count). The maximum Gasteiger partial charge on any atom is 0.230 e. The summed E-state index contributed by atoms with van der Waals surface area (Å²) in [7, 11) is 1.64. The van der Waals surface area contributed by atoms with Crippen molar-refractivity contribution in [3.05, 3.63) is 65.5 Å². The van der Waals surface area contributed by atoms with E-state index in [1.165, 1.54) is 12.1 Å². The number of amides is 1. The molecule has 0 aliphatic carbocycles. The molecule has 0 radical (unpaired) electrons. The summed E-state index contributed by atoms with van der Waals surface area (Å²) in [5.41, 5.74) is 1.68. The molecule has 2 atom stereocenters. The first-order valence-corrected chi connectivity index (χ1v) is 8.51. The third kappa shape index (κ3) is 3.66. The normalized spacial score (nSPS) is 18.7. The second kappa shape index (κ2) is 7.66. The monoisotopic (exact) mass is 342 g/mol. The Labute approximate surface area is 147 Å². The molecule has 2 aromatic rings. The lowest BCUT2D eigenvalue weighted by atomic mass is 9.96. The summed E-state index contributed by atoms with van der Waals surface area (Å²) < 4.78 is 19.0. The zero-order valence-electron chi connectivity index (χ0n) is 14.5. The fourth-order valence-corrected chi connectivity index (χ4v) is 3.35. The summed E-state index contributed by atoms with van der Waals surface area (Å²) in [5.74, 6) is 0.0557. The topological polar surface area (TPSA) is 41.6 Å². The van der Waals surface area contributed by atoms with Crippen LogP contribution >= 0.6 is 0 Å². The van der Waals surface area contributed by atoms with Crippen molar-refractivity contribution in [1.29, 1.82) is 0 Å². The third-order valence-electron chi connectivity index (χ3n) is 4.74. The van der Waals surface area contributed by atoms with Crippen LogP contribution < -0.4 is 10.1 Å². The number of nitrogens with zero attached hydrogens (tertiary/aromatic N) is 1. The van der Waals surface area contributed by atoms with Crippen molar-refractivity contribution in [2.75, 3.05) is 26.7 Å². The van der Waals surface area contributed by atoms with Crippen LogP contribution in [-0.2, 0) is 4.79 Å². The summed E-state index contributed by atoms with van der Waals surface area (Å²) >= 11 is 0. The maximum atomic E-state index is 13.5. The minimum absolute atomic E-state index is 0.00278. The molecular weight excluding hydrogens is 319 g/mol. The van der Waals surface area contributed by atoms with Crippen LogP contribution in [0.2, 0.25) is 0 Å². The molecule has 5 heteroatoms. The van der Waals surface area contributed by atoms with E-state index >= 15 is 0 Å². The standard InChI is InChI=1S/C20H23FN2O2/c1-14(15-6-5-7-16(21)12-15)20(24)23-11-10-22-13-18(23)17-8-3-4-9-19(17)25-2/h3-9,12,14,18,22H,10-11,13H2,1-2H3. The number of methoxy groups -OCH3 is 1. The van der Waals surface area contributed by atoms with E-state index in [-0.39, 0.29) is 17.8 Å². The number of piperazine rings is 1. The Kier molecular flexibility index (Phi) is 5.34. The number of halogens is 1. The minimum Gasteiger partial charge on any atom is -0.496 e. The van der Waals surface area contributed by atoms with Gasteiger partial charge in [-0.05, 0) is 30.7 Å². The van der Waals surface area contributed by atoms with Gasteiger partial charge in [-0.15, -0.1) is 0 Å². The number of carbonyl (C=O) groups is 1. The van der Waals surface area contributed by atoms with Gasteiger partial charge < -0.3 is 15.0 Å². The number of para-hydroxylation sites is 1. The highest BCUT2D eigenvalue weighted by molar-refractivity contribution is 5.84. The zero-order chi connectivity index (χ0) is 17.8. The van der Waals surface area contributed by atoms with Gasteiger partial charge >= 0.3 is 0 Å². The molecule has 2 unspecified atom stereocenters. The Morgan fingerprint density at radius 1 is 1.28 bits per heavy atom. The van der Waals surface area contributed by atoms with E-state index in [0.29, 0.717) is 18.7 Å². The molecule has 1 heterocycles. The number of carbonyl (C=O) groups excluding carboxylic acids is 1.